The van der Waals surface area contributed by atoms with Gasteiger partial charge in [0.2, 0.25) is 11.8 Å². The standard InChI is InChI=1S/C22H25FN2O3/c1-16-7-8-20(19(23)13-16)25-15-18(14-21(25)27)22(28)24(11-12-26)10-9-17-5-3-2-4-6-17/h2-8,13,18,26H,9-12,14-15H2,1H3. The highest BCUT2D eigenvalue weighted by Gasteiger charge is 2.37. The van der Waals surface area contributed by atoms with Crippen LogP contribution in [0.25, 0.3) is 0 Å². The van der Waals surface area contributed by atoms with Crippen LogP contribution in [0.4, 0.5) is 10.1 Å². The lowest BCUT2D eigenvalue weighted by molar-refractivity contribution is -0.136. The average Bonchev–Trinajstić information content (AvgIpc) is 3.07. The van der Waals surface area contributed by atoms with E-state index in [9.17, 15) is 19.1 Å². The Bertz CT molecular complexity index is 841. The SMILES string of the molecule is Cc1ccc(N2CC(C(=O)N(CCO)CCc3ccccc3)CC2=O)c(F)c1. The Morgan fingerprint density at radius 3 is 2.64 bits per heavy atom. The number of nitrogens with zero attached hydrogens (tertiary/aromatic N) is 2. The summed E-state index contributed by atoms with van der Waals surface area (Å²) in [5.74, 6) is -1.42. The largest absolute Gasteiger partial charge is 0.395 e. The maximum Gasteiger partial charge on any atom is 0.228 e. The molecule has 0 saturated carbocycles. The lowest BCUT2D eigenvalue weighted by Crippen LogP contribution is -2.40. The van der Waals surface area contributed by atoms with E-state index in [1.165, 1.54) is 11.0 Å². The van der Waals surface area contributed by atoms with Gasteiger partial charge in [0.1, 0.15) is 5.82 Å². The van der Waals surface area contributed by atoms with E-state index in [0.29, 0.717) is 13.0 Å². The summed E-state index contributed by atoms with van der Waals surface area (Å²) in [4.78, 5) is 28.3. The van der Waals surface area contributed by atoms with Crippen LogP contribution in [0.2, 0.25) is 0 Å². The Morgan fingerprint density at radius 1 is 1.21 bits per heavy atom. The van der Waals surface area contributed by atoms with Gasteiger partial charge in [0.25, 0.3) is 0 Å². The van der Waals surface area contributed by atoms with Crippen LogP contribution in [-0.2, 0) is 16.0 Å². The quantitative estimate of drug-likeness (QED) is 0.798. The predicted molar refractivity (Wildman–Crippen MR) is 105 cm³/mol. The molecule has 0 aromatic heterocycles. The van der Waals surface area contributed by atoms with Crippen molar-refractivity contribution in [3.8, 4) is 0 Å². The van der Waals surface area contributed by atoms with Crippen LogP contribution >= 0.6 is 0 Å². The predicted octanol–water partition coefficient (Wildman–Crippen LogP) is 2.55. The van der Waals surface area contributed by atoms with E-state index in [1.54, 1.807) is 24.0 Å². The van der Waals surface area contributed by atoms with E-state index in [1.807, 2.05) is 30.3 Å². The molecule has 2 amide bonds. The van der Waals surface area contributed by atoms with Crippen LogP contribution in [-0.4, -0.2) is 48.1 Å². The van der Waals surface area contributed by atoms with Crippen molar-refractivity contribution in [2.45, 2.75) is 19.8 Å². The fourth-order valence-corrected chi connectivity index (χ4v) is 3.56. The van der Waals surface area contributed by atoms with Crippen molar-refractivity contribution >= 4 is 17.5 Å². The molecule has 1 N–H and O–H groups in total. The first kappa shape index (κ1) is 20.0. The van der Waals surface area contributed by atoms with Crippen molar-refractivity contribution in [2.24, 2.45) is 5.92 Å². The molecule has 28 heavy (non-hydrogen) atoms. The third kappa shape index (κ3) is 4.57. The Kier molecular flexibility index (Phi) is 6.41. The van der Waals surface area contributed by atoms with Gasteiger partial charge in [0.15, 0.2) is 0 Å². The van der Waals surface area contributed by atoms with Gasteiger partial charge < -0.3 is 14.9 Å². The topological polar surface area (TPSA) is 60.9 Å². The summed E-state index contributed by atoms with van der Waals surface area (Å²) in [5, 5.41) is 9.35. The van der Waals surface area contributed by atoms with Gasteiger partial charge in [-0.25, -0.2) is 4.39 Å². The molecule has 1 fully saturated rings. The van der Waals surface area contributed by atoms with Gasteiger partial charge >= 0.3 is 0 Å². The molecule has 1 unspecified atom stereocenters. The highest BCUT2D eigenvalue weighted by atomic mass is 19.1. The van der Waals surface area contributed by atoms with E-state index in [4.69, 9.17) is 0 Å². The second kappa shape index (κ2) is 8.97. The molecule has 0 spiro atoms. The molecular formula is C22H25FN2O3. The minimum atomic E-state index is -0.532. The number of anilines is 1. The molecule has 1 saturated heterocycles. The van der Waals surface area contributed by atoms with Gasteiger partial charge in [-0.3, -0.25) is 9.59 Å². The van der Waals surface area contributed by atoms with Crippen molar-refractivity contribution in [2.75, 3.05) is 31.1 Å². The molecule has 1 aliphatic heterocycles. The smallest absolute Gasteiger partial charge is 0.228 e. The molecule has 0 bridgehead atoms. The van der Waals surface area contributed by atoms with E-state index in [0.717, 1.165) is 11.1 Å². The Labute approximate surface area is 164 Å². The van der Waals surface area contributed by atoms with Gasteiger partial charge in [-0.15, -0.1) is 0 Å². The number of rotatable bonds is 7. The molecule has 0 aliphatic carbocycles. The van der Waals surface area contributed by atoms with Gasteiger partial charge in [0.05, 0.1) is 18.2 Å². The Morgan fingerprint density at radius 2 is 1.96 bits per heavy atom. The van der Waals surface area contributed by atoms with Gasteiger partial charge in [0, 0.05) is 26.1 Å². The molecule has 1 atom stereocenters. The molecule has 5 nitrogen and oxygen atoms in total. The van der Waals surface area contributed by atoms with Crippen LogP contribution in [0.3, 0.4) is 0 Å². The lowest BCUT2D eigenvalue weighted by atomic mass is 10.1. The number of halogens is 1. The number of aliphatic hydroxyl groups is 1. The van der Waals surface area contributed by atoms with Crippen molar-refractivity contribution in [3.63, 3.8) is 0 Å². The van der Waals surface area contributed by atoms with E-state index >= 15 is 0 Å². The first-order valence-corrected chi connectivity index (χ1v) is 9.49. The summed E-state index contributed by atoms with van der Waals surface area (Å²) in [5.41, 5.74) is 2.09. The number of amides is 2. The van der Waals surface area contributed by atoms with Crippen molar-refractivity contribution in [1.82, 2.24) is 4.90 Å². The number of carbonyl (C=O) groups is 2. The van der Waals surface area contributed by atoms with Gasteiger partial charge in [-0.2, -0.15) is 0 Å². The van der Waals surface area contributed by atoms with Crippen molar-refractivity contribution in [1.29, 1.82) is 0 Å². The first-order chi connectivity index (χ1) is 13.5. The third-order valence-electron chi connectivity index (χ3n) is 5.06. The zero-order chi connectivity index (χ0) is 20.1. The lowest BCUT2D eigenvalue weighted by Gasteiger charge is -2.25. The second-order valence-electron chi connectivity index (χ2n) is 7.14. The van der Waals surface area contributed by atoms with Crippen LogP contribution < -0.4 is 4.90 Å². The maximum atomic E-state index is 14.3. The molecule has 2 aromatic carbocycles. The first-order valence-electron chi connectivity index (χ1n) is 9.49. The summed E-state index contributed by atoms with van der Waals surface area (Å²) in [6, 6.07) is 14.5. The molecule has 6 heteroatoms. The fraction of sp³-hybridized carbons (Fsp3) is 0.364. The number of aliphatic hydroxyl groups excluding tert-OH is 1. The normalized spacial score (nSPS) is 16.5. The molecule has 1 heterocycles. The summed E-state index contributed by atoms with van der Waals surface area (Å²) >= 11 is 0. The number of aryl methyl sites for hydroxylation is 1. The van der Waals surface area contributed by atoms with Gasteiger partial charge in [-0.1, -0.05) is 36.4 Å². The van der Waals surface area contributed by atoms with Crippen LogP contribution in [0.15, 0.2) is 48.5 Å². The molecule has 148 valence electrons. The molecule has 3 rings (SSSR count). The summed E-state index contributed by atoms with van der Waals surface area (Å²) in [7, 11) is 0. The molecule has 0 radical (unpaired) electrons. The fourth-order valence-electron chi connectivity index (χ4n) is 3.56. The number of benzene rings is 2. The summed E-state index contributed by atoms with van der Waals surface area (Å²) in [6.45, 7) is 2.48. The van der Waals surface area contributed by atoms with Gasteiger partial charge in [-0.05, 0) is 36.6 Å². The highest BCUT2D eigenvalue weighted by Crippen LogP contribution is 2.29. The van der Waals surface area contributed by atoms with Crippen LogP contribution in [0.1, 0.15) is 17.5 Å². The van der Waals surface area contributed by atoms with Crippen molar-refractivity contribution in [3.05, 3.63) is 65.5 Å². The van der Waals surface area contributed by atoms with Crippen LogP contribution in [0, 0.1) is 18.7 Å². The minimum Gasteiger partial charge on any atom is -0.395 e. The highest BCUT2D eigenvalue weighted by molar-refractivity contribution is 6.00. The number of hydrogen-bond donors (Lipinski definition) is 1. The monoisotopic (exact) mass is 384 g/mol. The van der Waals surface area contributed by atoms with E-state index in [2.05, 4.69) is 0 Å². The number of carbonyl (C=O) groups excluding carboxylic acids is 2. The molecular weight excluding hydrogens is 359 g/mol. The number of hydrogen-bond acceptors (Lipinski definition) is 3. The Balaban J connectivity index is 1.68. The second-order valence-corrected chi connectivity index (χ2v) is 7.14. The molecule has 2 aromatic rings. The van der Waals surface area contributed by atoms with Crippen molar-refractivity contribution < 1.29 is 19.1 Å². The van der Waals surface area contributed by atoms with E-state index < -0.39 is 11.7 Å². The zero-order valence-electron chi connectivity index (χ0n) is 16.0. The minimum absolute atomic E-state index is 0.0550. The summed E-state index contributed by atoms with van der Waals surface area (Å²) in [6.07, 6.45) is 0.725. The summed E-state index contributed by atoms with van der Waals surface area (Å²) < 4.78 is 14.3. The average molecular weight is 384 g/mol. The maximum absolute atomic E-state index is 14.3. The molecule has 1 aliphatic rings. The van der Waals surface area contributed by atoms with E-state index in [-0.39, 0.29) is 43.6 Å². The zero-order valence-corrected chi connectivity index (χ0v) is 16.0. The third-order valence-corrected chi connectivity index (χ3v) is 5.06. The Hall–Kier alpha value is -2.73. The van der Waals surface area contributed by atoms with Crippen LogP contribution in [0.5, 0.6) is 0 Å².